The van der Waals surface area contributed by atoms with Gasteiger partial charge in [0, 0.05) is 37.8 Å². The molecule has 160 valence electrons. The number of aliphatic imine (C=N–C) groups is 1. The Hall–Kier alpha value is -1.24. The number of hydrogen-bond acceptors (Lipinski definition) is 5. The summed E-state index contributed by atoms with van der Waals surface area (Å²) in [5, 5.41) is 7.41. The Morgan fingerprint density at radius 1 is 1.17 bits per heavy atom. The van der Waals surface area contributed by atoms with Crippen molar-refractivity contribution in [3.8, 4) is 0 Å². The number of halogens is 1. The molecule has 1 fully saturated rings. The smallest absolute Gasteiger partial charge is 0.243 e. The zero-order chi connectivity index (χ0) is 20.0. The first kappa shape index (κ1) is 24.0. The molecule has 1 aliphatic heterocycles. The fourth-order valence-corrected chi connectivity index (χ4v) is 5.65. The van der Waals surface area contributed by atoms with E-state index in [0.29, 0.717) is 37.0 Å². The first-order valence-electron chi connectivity index (χ1n) is 9.44. The molecule has 0 bridgehead atoms. The van der Waals surface area contributed by atoms with E-state index in [0.717, 1.165) is 34.7 Å². The predicted molar refractivity (Wildman–Crippen MR) is 128 cm³/mol. The molecule has 0 radical (unpaired) electrons. The van der Waals surface area contributed by atoms with Crippen LogP contribution in [0.15, 0.2) is 40.4 Å². The molecule has 0 atom stereocenters. The lowest BCUT2D eigenvalue weighted by molar-refractivity contribution is 0.346. The molecule has 3 rings (SSSR count). The van der Waals surface area contributed by atoms with Gasteiger partial charge in [0.05, 0.1) is 11.4 Å². The van der Waals surface area contributed by atoms with E-state index in [1.54, 1.807) is 34.8 Å². The van der Waals surface area contributed by atoms with E-state index in [2.05, 4.69) is 20.6 Å². The maximum Gasteiger partial charge on any atom is 0.243 e. The molecule has 0 saturated carbocycles. The van der Waals surface area contributed by atoms with Crippen LogP contribution in [-0.2, 0) is 23.1 Å². The van der Waals surface area contributed by atoms with E-state index in [9.17, 15) is 8.42 Å². The lowest BCUT2D eigenvalue weighted by atomic mass is 10.2. The van der Waals surface area contributed by atoms with Gasteiger partial charge in [-0.3, -0.25) is 4.99 Å². The Morgan fingerprint density at radius 3 is 2.52 bits per heavy atom. The zero-order valence-electron chi connectivity index (χ0n) is 16.7. The highest BCUT2D eigenvalue weighted by molar-refractivity contribution is 14.0. The first-order chi connectivity index (χ1) is 13.5. The highest BCUT2D eigenvalue weighted by Gasteiger charge is 2.27. The van der Waals surface area contributed by atoms with Crippen LogP contribution in [0.25, 0.3) is 0 Å². The average Bonchev–Trinajstić information content (AvgIpc) is 3.14. The van der Waals surface area contributed by atoms with Gasteiger partial charge < -0.3 is 10.6 Å². The summed E-state index contributed by atoms with van der Waals surface area (Å²) in [6.45, 7) is 4.17. The second kappa shape index (κ2) is 11.2. The van der Waals surface area contributed by atoms with Gasteiger partial charge in [0.2, 0.25) is 10.0 Å². The summed E-state index contributed by atoms with van der Waals surface area (Å²) in [7, 11) is -1.78. The molecule has 2 aromatic rings. The summed E-state index contributed by atoms with van der Waals surface area (Å²) in [5.74, 6) is 0.609. The van der Waals surface area contributed by atoms with Crippen molar-refractivity contribution in [3.63, 3.8) is 0 Å². The minimum Gasteiger partial charge on any atom is -0.352 e. The molecule has 0 amide bonds. The van der Waals surface area contributed by atoms with Gasteiger partial charge in [-0.1, -0.05) is 24.6 Å². The van der Waals surface area contributed by atoms with Gasteiger partial charge in [-0.05, 0) is 31.4 Å². The van der Waals surface area contributed by atoms with Crippen molar-refractivity contribution in [1.82, 2.24) is 19.9 Å². The van der Waals surface area contributed by atoms with Crippen LogP contribution in [0, 0.1) is 6.92 Å². The van der Waals surface area contributed by atoms with E-state index in [4.69, 9.17) is 0 Å². The van der Waals surface area contributed by atoms with Crippen molar-refractivity contribution in [2.45, 2.75) is 44.2 Å². The standard InChI is InChI=1S/C19H27N5O2S2.HI/c1-15-12-21-18(27-15)14-23-19(20-2)22-13-16-8-4-5-9-17(16)28(25,26)24-10-6-3-7-11-24;/h4-5,8-9,12H,3,6-7,10-11,13-14H2,1-2H3,(H2,20,22,23);1H. The van der Waals surface area contributed by atoms with Gasteiger partial charge in [-0.15, -0.1) is 35.3 Å². The number of aryl methyl sites for hydroxylation is 1. The number of thiazole rings is 1. The molecule has 1 saturated heterocycles. The van der Waals surface area contributed by atoms with Gasteiger partial charge in [0.1, 0.15) is 5.01 Å². The number of benzene rings is 1. The maximum atomic E-state index is 13.1. The Morgan fingerprint density at radius 2 is 1.86 bits per heavy atom. The lowest BCUT2D eigenvalue weighted by Gasteiger charge is -2.27. The van der Waals surface area contributed by atoms with Crippen LogP contribution in [0.3, 0.4) is 0 Å². The molecule has 1 aromatic carbocycles. The quantitative estimate of drug-likeness (QED) is 0.329. The van der Waals surface area contributed by atoms with Crippen LogP contribution in [0.5, 0.6) is 0 Å². The summed E-state index contributed by atoms with van der Waals surface area (Å²) in [4.78, 5) is 10.1. The van der Waals surface area contributed by atoms with E-state index < -0.39 is 10.0 Å². The number of rotatable bonds is 6. The number of nitrogens with zero attached hydrogens (tertiary/aromatic N) is 3. The van der Waals surface area contributed by atoms with Gasteiger partial charge in [-0.25, -0.2) is 13.4 Å². The molecule has 7 nitrogen and oxygen atoms in total. The van der Waals surface area contributed by atoms with Crippen molar-refractivity contribution in [1.29, 1.82) is 0 Å². The van der Waals surface area contributed by atoms with Gasteiger partial charge in [0.15, 0.2) is 5.96 Å². The number of sulfonamides is 1. The molecule has 0 aliphatic carbocycles. The fraction of sp³-hybridized carbons (Fsp3) is 0.474. The molecule has 10 heteroatoms. The minimum atomic E-state index is -3.48. The van der Waals surface area contributed by atoms with Crippen molar-refractivity contribution in [3.05, 3.63) is 45.9 Å². The van der Waals surface area contributed by atoms with Crippen molar-refractivity contribution in [2.24, 2.45) is 4.99 Å². The third kappa shape index (κ3) is 6.37. The van der Waals surface area contributed by atoms with E-state index in [-0.39, 0.29) is 24.0 Å². The predicted octanol–water partition coefficient (Wildman–Crippen LogP) is 3.11. The summed E-state index contributed by atoms with van der Waals surface area (Å²) in [6, 6.07) is 7.18. The number of aromatic nitrogens is 1. The second-order valence-electron chi connectivity index (χ2n) is 6.72. The minimum absolute atomic E-state index is 0. The molecule has 1 aliphatic rings. The van der Waals surface area contributed by atoms with Crippen molar-refractivity contribution in [2.75, 3.05) is 20.1 Å². The normalized spacial score (nSPS) is 15.6. The molecular formula is C19H28IN5O2S2. The van der Waals surface area contributed by atoms with Crippen LogP contribution >= 0.6 is 35.3 Å². The topological polar surface area (TPSA) is 86.7 Å². The van der Waals surface area contributed by atoms with Crippen LogP contribution < -0.4 is 10.6 Å². The Kier molecular flexibility index (Phi) is 9.31. The molecule has 2 heterocycles. The third-order valence-electron chi connectivity index (χ3n) is 4.65. The maximum absolute atomic E-state index is 13.1. The number of nitrogens with one attached hydrogen (secondary N) is 2. The summed E-state index contributed by atoms with van der Waals surface area (Å²) in [5.41, 5.74) is 0.737. The second-order valence-corrected chi connectivity index (χ2v) is 9.94. The highest BCUT2D eigenvalue weighted by atomic mass is 127. The summed E-state index contributed by atoms with van der Waals surface area (Å²) >= 11 is 1.64. The third-order valence-corrected chi connectivity index (χ3v) is 7.56. The molecule has 29 heavy (non-hydrogen) atoms. The van der Waals surface area contributed by atoms with Gasteiger partial charge in [-0.2, -0.15) is 4.31 Å². The van der Waals surface area contributed by atoms with Crippen molar-refractivity contribution < 1.29 is 8.42 Å². The summed E-state index contributed by atoms with van der Waals surface area (Å²) in [6.07, 6.45) is 4.79. The Labute approximate surface area is 194 Å². The van der Waals surface area contributed by atoms with Crippen molar-refractivity contribution >= 4 is 51.3 Å². The van der Waals surface area contributed by atoms with E-state index >= 15 is 0 Å². The largest absolute Gasteiger partial charge is 0.352 e. The number of hydrogen-bond donors (Lipinski definition) is 2. The first-order valence-corrected chi connectivity index (χ1v) is 11.7. The monoisotopic (exact) mass is 549 g/mol. The number of piperidine rings is 1. The molecule has 0 unspecified atom stereocenters. The van der Waals surface area contributed by atoms with E-state index in [1.807, 2.05) is 25.3 Å². The van der Waals surface area contributed by atoms with Crippen LogP contribution in [0.2, 0.25) is 0 Å². The highest BCUT2D eigenvalue weighted by Crippen LogP contribution is 2.23. The molecule has 2 N–H and O–H groups in total. The van der Waals surface area contributed by atoms with Crippen LogP contribution in [0.1, 0.15) is 34.7 Å². The Bertz CT molecular complexity index is 924. The van der Waals surface area contributed by atoms with Gasteiger partial charge in [0.25, 0.3) is 0 Å². The van der Waals surface area contributed by atoms with Gasteiger partial charge >= 0.3 is 0 Å². The lowest BCUT2D eigenvalue weighted by Crippen LogP contribution is -2.38. The molecular weight excluding hydrogens is 521 g/mol. The number of guanidine groups is 1. The average molecular weight is 550 g/mol. The Balaban J connectivity index is 0.00000300. The van der Waals surface area contributed by atoms with E-state index in [1.165, 1.54) is 0 Å². The molecule has 0 spiro atoms. The van der Waals surface area contributed by atoms with Crippen LogP contribution in [-0.4, -0.2) is 43.8 Å². The van der Waals surface area contributed by atoms with Crippen LogP contribution in [0.4, 0.5) is 0 Å². The summed E-state index contributed by atoms with van der Waals surface area (Å²) < 4.78 is 27.8. The SMILES string of the molecule is CN=C(NCc1ncc(C)s1)NCc1ccccc1S(=O)(=O)N1CCCCC1.I. The fourth-order valence-electron chi connectivity index (χ4n) is 3.19. The zero-order valence-corrected chi connectivity index (χ0v) is 20.7. The molecule has 1 aromatic heterocycles.